The summed E-state index contributed by atoms with van der Waals surface area (Å²) in [6.07, 6.45) is 0.247. The van der Waals surface area contributed by atoms with E-state index in [2.05, 4.69) is 0 Å². The number of hydrogen-bond donors (Lipinski definition) is 0. The minimum absolute atomic E-state index is 0.155. The molecular weight excluding hydrogens is 354 g/mol. The van der Waals surface area contributed by atoms with Gasteiger partial charge in [-0.2, -0.15) is 9.57 Å². The van der Waals surface area contributed by atoms with Crippen LogP contribution in [-0.2, 0) is 14.8 Å². The van der Waals surface area contributed by atoms with Gasteiger partial charge in [0.15, 0.2) is 0 Å². The summed E-state index contributed by atoms with van der Waals surface area (Å²) in [5, 5.41) is 8.85. The molecule has 1 aromatic rings. The van der Waals surface area contributed by atoms with Crippen LogP contribution in [0.1, 0.15) is 32.8 Å². The lowest BCUT2D eigenvalue weighted by atomic mass is 10.1. The molecule has 0 spiro atoms. The van der Waals surface area contributed by atoms with Gasteiger partial charge in [0.25, 0.3) is 0 Å². The van der Waals surface area contributed by atoms with E-state index >= 15 is 0 Å². The van der Waals surface area contributed by atoms with Gasteiger partial charge in [-0.3, -0.25) is 0 Å². The molecule has 8 heteroatoms. The first kappa shape index (κ1) is 20.2. The Labute approximate surface area is 155 Å². The summed E-state index contributed by atoms with van der Waals surface area (Å²) in [6.45, 7) is 6.94. The summed E-state index contributed by atoms with van der Waals surface area (Å²) in [5.41, 5.74) is 0.410. The van der Waals surface area contributed by atoms with Crippen LogP contribution in [0.15, 0.2) is 29.2 Å². The molecule has 26 heavy (non-hydrogen) atoms. The Balaban J connectivity index is 2.11. The number of piperazine rings is 1. The van der Waals surface area contributed by atoms with Crippen LogP contribution in [-0.4, -0.2) is 56.0 Å². The van der Waals surface area contributed by atoms with Gasteiger partial charge in [-0.15, -0.1) is 0 Å². The largest absolute Gasteiger partial charge is 0.449 e. The Bertz CT molecular complexity index is 769. The molecule has 1 aromatic carbocycles. The van der Waals surface area contributed by atoms with Crippen LogP contribution in [0, 0.1) is 17.2 Å². The minimum Gasteiger partial charge on any atom is -0.449 e. The van der Waals surface area contributed by atoms with Crippen molar-refractivity contribution in [2.75, 3.05) is 26.2 Å². The smallest absolute Gasteiger partial charge is 0.410 e. The number of sulfonamides is 1. The predicted octanol–water partition coefficient (Wildman–Crippen LogP) is 2.44. The van der Waals surface area contributed by atoms with Crippen molar-refractivity contribution in [3.05, 3.63) is 29.8 Å². The number of nitriles is 1. The average Bonchev–Trinajstić information content (AvgIpc) is 2.65. The van der Waals surface area contributed by atoms with Gasteiger partial charge in [0.05, 0.1) is 23.1 Å². The molecule has 0 radical (unpaired) electrons. The van der Waals surface area contributed by atoms with Gasteiger partial charge in [-0.25, -0.2) is 13.2 Å². The van der Waals surface area contributed by atoms with Crippen molar-refractivity contribution in [3.8, 4) is 6.07 Å². The zero-order valence-electron chi connectivity index (χ0n) is 15.4. The molecule has 0 N–H and O–H groups in total. The molecule has 1 aliphatic rings. The third kappa shape index (κ3) is 4.54. The maximum atomic E-state index is 12.8. The molecule has 1 unspecified atom stereocenters. The molecule has 1 amide bonds. The second kappa shape index (κ2) is 8.52. The molecule has 142 valence electrons. The number of ether oxygens (including phenoxy) is 1. The maximum absolute atomic E-state index is 12.8. The first-order valence-electron chi connectivity index (χ1n) is 8.73. The van der Waals surface area contributed by atoms with Crippen LogP contribution in [0.5, 0.6) is 0 Å². The highest BCUT2D eigenvalue weighted by atomic mass is 32.2. The first-order chi connectivity index (χ1) is 12.3. The molecule has 1 fully saturated rings. The molecule has 2 rings (SSSR count). The van der Waals surface area contributed by atoms with E-state index in [9.17, 15) is 13.2 Å². The molecule has 1 aliphatic heterocycles. The van der Waals surface area contributed by atoms with E-state index in [1.807, 2.05) is 26.8 Å². The minimum atomic E-state index is -3.66. The number of hydrogen-bond acceptors (Lipinski definition) is 5. The number of benzene rings is 1. The Morgan fingerprint density at radius 2 is 1.96 bits per heavy atom. The van der Waals surface area contributed by atoms with Crippen molar-refractivity contribution in [2.24, 2.45) is 5.92 Å². The van der Waals surface area contributed by atoms with Crippen LogP contribution in [0.2, 0.25) is 0 Å². The average molecular weight is 379 g/mol. The zero-order valence-corrected chi connectivity index (χ0v) is 16.2. The first-order valence-corrected chi connectivity index (χ1v) is 10.2. The third-order valence-corrected chi connectivity index (χ3v) is 6.19. The summed E-state index contributed by atoms with van der Waals surface area (Å²) in [6, 6.07) is 7.61. The highest BCUT2D eigenvalue weighted by Gasteiger charge is 2.36. The van der Waals surface area contributed by atoms with Crippen molar-refractivity contribution in [1.82, 2.24) is 9.21 Å². The van der Waals surface area contributed by atoms with Crippen molar-refractivity contribution >= 4 is 16.1 Å². The fourth-order valence-electron chi connectivity index (χ4n) is 2.81. The van der Waals surface area contributed by atoms with Crippen LogP contribution in [0.3, 0.4) is 0 Å². The normalized spacial score (nSPS) is 18.6. The molecule has 0 saturated carbocycles. The standard InChI is InChI=1S/C18H25N3O4S/c1-4-16-12-20(9-10-21(16)18(22)25-13-14(2)3)26(23,24)17-7-5-15(11-19)6-8-17/h5-8,14,16H,4,9-10,12-13H2,1-3H3. The summed E-state index contributed by atoms with van der Waals surface area (Å²) in [5.74, 6) is 0.247. The zero-order chi connectivity index (χ0) is 19.3. The molecule has 0 aliphatic carbocycles. The molecule has 0 aromatic heterocycles. The van der Waals surface area contributed by atoms with Crippen molar-refractivity contribution in [2.45, 2.75) is 38.1 Å². The SMILES string of the molecule is CCC1CN(S(=O)(=O)c2ccc(C#N)cc2)CCN1C(=O)OCC(C)C. The second-order valence-electron chi connectivity index (χ2n) is 6.73. The fraction of sp³-hybridized carbons (Fsp3) is 0.556. The van der Waals surface area contributed by atoms with Gasteiger partial charge in [0.1, 0.15) is 0 Å². The van der Waals surface area contributed by atoms with Crippen molar-refractivity contribution in [3.63, 3.8) is 0 Å². The van der Waals surface area contributed by atoms with Gasteiger partial charge in [0, 0.05) is 25.7 Å². The Morgan fingerprint density at radius 1 is 1.31 bits per heavy atom. The summed E-state index contributed by atoms with van der Waals surface area (Å²) >= 11 is 0. The van der Waals surface area contributed by atoms with E-state index in [1.165, 1.54) is 28.6 Å². The van der Waals surface area contributed by atoms with E-state index in [4.69, 9.17) is 10.00 Å². The lowest BCUT2D eigenvalue weighted by Gasteiger charge is -2.39. The van der Waals surface area contributed by atoms with Crippen molar-refractivity contribution in [1.29, 1.82) is 5.26 Å². The topological polar surface area (TPSA) is 90.7 Å². The molecule has 7 nitrogen and oxygen atoms in total. The number of rotatable bonds is 5. The van der Waals surface area contributed by atoms with E-state index in [0.717, 1.165) is 0 Å². The molecular formula is C18H25N3O4S. The molecule has 1 atom stereocenters. The highest BCUT2D eigenvalue weighted by Crippen LogP contribution is 2.22. The Hall–Kier alpha value is -2.11. The predicted molar refractivity (Wildman–Crippen MR) is 96.9 cm³/mol. The quantitative estimate of drug-likeness (QED) is 0.784. The van der Waals surface area contributed by atoms with E-state index in [0.29, 0.717) is 25.1 Å². The maximum Gasteiger partial charge on any atom is 0.410 e. The van der Waals surface area contributed by atoms with Gasteiger partial charge >= 0.3 is 6.09 Å². The Kier molecular flexibility index (Phi) is 6.62. The number of carbonyl (C=O) groups excluding carboxylic acids is 1. The van der Waals surface area contributed by atoms with Crippen LogP contribution in [0.25, 0.3) is 0 Å². The van der Waals surface area contributed by atoms with Gasteiger partial charge in [-0.05, 0) is 36.6 Å². The van der Waals surface area contributed by atoms with Gasteiger partial charge < -0.3 is 9.64 Å². The number of carbonyl (C=O) groups is 1. The summed E-state index contributed by atoms with van der Waals surface area (Å²) < 4.78 is 32.4. The molecule has 0 bridgehead atoms. The van der Waals surface area contributed by atoms with Crippen LogP contribution >= 0.6 is 0 Å². The summed E-state index contributed by atoms with van der Waals surface area (Å²) in [7, 11) is -3.66. The lowest BCUT2D eigenvalue weighted by molar-refractivity contribution is 0.0565. The second-order valence-corrected chi connectivity index (χ2v) is 8.66. The number of amides is 1. The van der Waals surface area contributed by atoms with Crippen molar-refractivity contribution < 1.29 is 17.9 Å². The molecule has 1 heterocycles. The lowest BCUT2D eigenvalue weighted by Crippen LogP contribution is -2.56. The Morgan fingerprint density at radius 3 is 2.50 bits per heavy atom. The van der Waals surface area contributed by atoms with E-state index in [-0.39, 0.29) is 36.0 Å². The molecule has 1 saturated heterocycles. The van der Waals surface area contributed by atoms with E-state index < -0.39 is 10.0 Å². The van der Waals surface area contributed by atoms with E-state index in [1.54, 1.807) is 4.90 Å². The van der Waals surface area contributed by atoms with Gasteiger partial charge in [0.2, 0.25) is 10.0 Å². The van der Waals surface area contributed by atoms with Crippen LogP contribution < -0.4 is 0 Å². The third-order valence-electron chi connectivity index (χ3n) is 4.31. The van der Waals surface area contributed by atoms with Crippen LogP contribution in [0.4, 0.5) is 4.79 Å². The monoisotopic (exact) mass is 379 g/mol. The summed E-state index contributed by atoms with van der Waals surface area (Å²) in [4.78, 5) is 14.0. The van der Waals surface area contributed by atoms with Gasteiger partial charge in [-0.1, -0.05) is 20.8 Å². The number of nitrogens with zero attached hydrogens (tertiary/aromatic N) is 3. The fourth-order valence-corrected chi connectivity index (χ4v) is 4.27. The highest BCUT2D eigenvalue weighted by molar-refractivity contribution is 7.89.